The summed E-state index contributed by atoms with van der Waals surface area (Å²) in [6.45, 7) is 0.124. The van der Waals surface area contributed by atoms with Crippen molar-refractivity contribution in [2.24, 2.45) is 5.73 Å². The third kappa shape index (κ3) is 4.99. The number of rotatable bonds is 6. The van der Waals surface area contributed by atoms with Gasteiger partial charge in [0.2, 0.25) is 5.91 Å². The minimum absolute atomic E-state index is 0.0388. The molecule has 19 heavy (non-hydrogen) atoms. The second kappa shape index (κ2) is 6.90. The first-order chi connectivity index (χ1) is 9.00. The first kappa shape index (κ1) is 14.4. The zero-order valence-electron chi connectivity index (χ0n) is 10.00. The molecule has 1 rings (SSSR count). The van der Waals surface area contributed by atoms with Crippen LogP contribution in [0.2, 0.25) is 0 Å². The molecule has 0 aromatic carbocycles. The molecule has 0 saturated heterocycles. The average molecular weight is 263 g/mol. The lowest BCUT2D eigenvalue weighted by atomic mass is 10.1. The summed E-state index contributed by atoms with van der Waals surface area (Å²) in [6, 6.07) is 1.46. The van der Waals surface area contributed by atoms with E-state index in [-0.39, 0.29) is 18.5 Å². The van der Waals surface area contributed by atoms with E-state index in [0.29, 0.717) is 5.56 Å². The van der Waals surface area contributed by atoms with Crippen molar-refractivity contribution in [2.75, 3.05) is 6.54 Å². The Morgan fingerprint density at radius 1 is 1.42 bits per heavy atom. The van der Waals surface area contributed by atoms with Crippen molar-refractivity contribution in [3.8, 4) is 0 Å². The van der Waals surface area contributed by atoms with Crippen LogP contribution < -0.4 is 11.1 Å². The maximum Gasteiger partial charge on any atom is 0.328 e. The van der Waals surface area contributed by atoms with E-state index in [1.54, 1.807) is 0 Å². The van der Waals surface area contributed by atoms with E-state index >= 15 is 0 Å². The molecule has 4 N–H and O–H groups in total. The molecule has 0 aliphatic rings. The Balaban J connectivity index is 2.79. The van der Waals surface area contributed by atoms with Crippen LogP contribution in [-0.4, -0.2) is 34.4 Å². The number of primary amides is 1. The minimum atomic E-state index is -1.12. The lowest BCUT2D eigenvalue weighted by molar-refractivity contribution is -0.131. The highest BCUT2D eigenvalue weighted by atomic mass is 16.4. The van der Waals surface area contributed by atoms with Gasteiger partial charge in [0.1, 0.15) is 0 Å². The molecule has 1 heterocycles. The number of carbonyl (C=O) groups is 3. The summed E-state index contributed by atoms with van der Waals surface area (Å²) in [4.78, 5) is 36.6. The van der Waals surface area contributed by atoms with Crippen molar-refractivity contribution < 1.29 is 19.5 Å². The van der Waals surface area contributed by atoms with Gasteiger partial charge < -0.3 is 16.2 Å². The standard InChI is InChI=1S/C12H13N3O4/c13-10(16)4-6-15-12(19)9-3-5-14-7-8(9)1-2-11(17)18/h1-3,5,7H,4,6H2,(H2,13,16)(H,15,19)(H,17,18). The molecule has 0 saturated carbocycles. The SMILES string of the molecule is NC(=O)CCNC(=O)c1ccncc1C=CC(=O)O. The number of nitrogens with one attached hydrogen (secondary N) is 1. The van der Waals surface area contributed by atoms with Crippen molar-refractivity contribution in [1.82, 2.24) is 10.3 Å². The Morgan fingerprint density at radius 2 is 2.16 bits per heavy atom. The largest absolute Gasteiger partial charge is 0.478 e. The number of hydrogen-bond donors (Lipinski definition) is 3. The van der Waals surface area contributed by atoms with Gasteiger partial charge in [-0.05, 0) is 12.1 Å². The third-order valence-corrected chi connectivity index (χ3v) is 2.16. The molecular weight excluding hydrogens is 250 g/mol. The normalized spacial score (nSPS) is 10.3. The van der Waals surface area contributed by atoms with Crippen molar-refractivity contribution in [3.05, 3.63) is 35.7 Å². The van der Waals surface area contributed by atoms with Crippen LogP contribution >= 0.6 is 0 Å². The number of pyridine rings is 1. The summed E-state index contributed by atoms with van der Waals surface area (Å²) in [5.41, 5.74) is 5.60. The molecule has 2 amide bonds. The lowest BCUT2D eigenvalue weighted by Crippen LogP contribution is -2.28. The third-order valence-electron chi connectivity index (χ3n) is 2.16. The Bertz CT molecular complexity index is 525. The van der Waals surface area contributed by atoms with Crippen molar-refractivity contribution in [2.45, 2.75) is 6.42 Å². The van der Waals surface area contributed by atoms with Gasteiger partial charge in [-0.3, -0.25) is 14.6 Å². The number of nitrogens with two attached hydrogens (primary N) is 1. The van der Waals surface area contributed by atoms with E-state index in [4.69, 9.17) is 10.8 Å². The topological polar surface area (TPSA) is 122 Å². The molecule has 7 nitrogen and oxygen atoms in total. The summed E-state index contributed by atoms with van der Waals surface area (Å²) in [7, 11) is 0. The van der Waals surface area contributed by atoms with Crippen molar-refractivity contribution in [1.29, 1.82) is 0 Å². The second-order valence-corrected chi connectivity index (χ2v) is 3.61. The fourth-order valence-corrected chi connectivity index (χ4v) is 1.30. The lowest BCUT2D eigenvalue weighted by Gasteiger charge is -2.06. The van der Waals surface area contributed by atoms with E-state index in [2.05, 4.69) is 10.3 Å². The fraction of sp³-hybridized carbons (Fsp3) is 0.167. The Hall–Kier alpha value is -2.70. The number of amides is 2. The van der Waals surface area contributed by atoms with Gasteiger partial charge in [0.25, 0.3) is 5.91 Å². The highest BCUT2D eigenvalue weighted by Crippen LogP contribution is 2.09. The molecule has 1 aromatic heterocycles. The van der Waals surface area contributed by atoms with Crippen molar-refractivity contribution in [3.63, 3.8) is 0 Å². The zero-order valence-corrected chi connectivity index (χ0v) is 10.00. The number of carboxylic acid groups (broad SMARTS) is 1. The number of aromatic nitrogens is 1. The van der Waals surface area contributed by atoms with Gasteiger partial charge in [-0.15, -0.1) is 0 Å². The molecular formula is C12H13N3O4. The molecule has 100 valence electrons. The van der Waals surface area contributed by atoms with Gasteiger partial charge in [-0.25, -0.2) is 4.79 Å². The van der Waals surface area contributed by atoms with Crippen LogP contribution in [0.5, 0.6) is 0 Å². The van der Waals surface area contributed by atoms with Crippen LogP contribution in [0.25, 0.3) is 6.08 Å². The highest BCUT2D eigenvalue weighted by Gasteiger charge is 2.09. The average Bonchev–Trinajstić information content (AvgIpc) is 2.36. The molecule has 7 heteroatoms. The molecule has 0 unspecified atom stereocenters. The van der Waals surface area contributed by atoms with Crippen molar-refractivity contribution >= 4 is 23.9 Å². The molecule has 0 fully saturated rings. The van der Waals surface area contributed by atoms with Gasteiger partial charge >= 0.3 is 5.97 Å². The smallest absolute Gasteiger partial charge is 0.328 e. The number of carboxylic acids is 1. The molecule has 0 aliphatic heterocycles. The monoisotopic (exact) mass is 263 g/mol. The van der Waals surface area contributed by atoms with E-state index in [9.17, 15) is 14.4 Å². The molecule has 0 radical (unpaired) electrons. The summed E-state index contributed by atoms with van der Waals surface area (Å²) >= 11 is 0. The Kier molecular flexibility index (Phi) is 5.21. The van der Waals surface area contributed by atoms with Gasteiger partial charge in [0, 0.05) is 42.6 Å². The van der Waals surface area contributed by atoms with E-state index < -0.39 is 17.8 Å². The molecule has 1 aromatic rings. The molecule has 0 bridgehead atoms. The van der Waals surface area contributed by atoms with Gasteiger partial charge in [-0.1, -0.05) is 0 Å². The number of nitrogens with zero attached hydrogens (tertiary/aromatic N) is 1. The summed E-state index contributed by atoms with van der Waals surface area (Å²) < 4.78 is 0. The van der Waals surface area contributed by atoms with E-state index in [1.807, 2.05) is 0 Å². The van der Waals surface area contributed by atoms with Crippen LogP contribution in [0.4, 0.5) is 0 Å². The Morgan fingerprint density at radius 3 is 2.79 bits per heavy atom. The maximum absolute atomic E-state index is 11.8. The van der Waals surface area contributed by atoms with Gasteiger partial charge in [-0.2, -0.15) is 0 Å². The zero-order chi connectivity index (χ0) is 14.3. The number of aliphatic carboxylic acids is 1. The number of hydrogen-bond acceptors (Lipinski definition) is 4. The summed E-state index contributed by atoms with van der Waals surface area (Å²) in [5, 5.41) is 11.1. The Labute approximate surface area is 109 Å². The fourth-order valence-electron chi connectivity index (χ4n) is 1.30. The molecule has 0 spiro atoms. The number of carbonyl (C=O) groups excluding carboxylic acids is 2. The predicted molar refractivity (Wildman–Crippen MR) is 67.1 cm³/mol. The van der Waals surface area contributed by atoms with Crippen LogP contribution in [0.1, 0.15) is 22.3 Å². The first-order valence-electron chi connectivity index (χ1n) is 5.42. The molecule has 0 atom stereocenters. The molecule has 0 aliphatic carbocycles. The van der Waals surface area contributed by atoms with Crippen LogP contribution in [0.15, 0.2) is 24.5 Å². The van der Waals surface area contributed by atoms with Crippen LogP contribution in [0, 0.1) is 0 Å². The van der Waals surface area contributed by atoms with Crippen LogP contribution in [-0.2, 0) is 9.59 Å². The van der Waals surface area contributed by atoms with Crippen LogP contribution in [0.3, 0.4) is 0 Å². The summed E-state index contributed by atoms with van der Waals surface area (Å²) in [5.74, 6) is -2.06. The van der Waals surface area contributed by atoms with Gasteiger partial charge in [0.05, 0.1) is 0 Å². The maximum atomic E-state index is 11.8. The minimum Gasteiger partial charge on any atom is -0.478 e. The summed E-state index contributed by atoms with van der Waals surface area (Å²) in [6.07, 6.45) is 5.02. The quantitative estimate of drug-likeness (QED) is 0.612. The van der Waals surface area contributed by atoms with Gasteiger partial charge in [0.15, 0.2) is 0 Å². The second-order valence-electron chi connectivity index (χ2n) is 3.61. The predicted octanol–water partition coefficient (Wildman–Crippen LogP) is -0.215. The van der Waals surface area contributed by atoms with E-state index in [0.717, 1.165) is 6.08 Å². The van der Waals surface area contributed by atoms with E-state index in [1.165, 1.54) is 24.5 Å². The first-order valence-corrected chi connectivity index (χ1v) is 5.42. The highest BCUT2D eigenvalue weighted by molar-refractivity contribution is 5.98.